The molecule has 0 aromatic rings. The molecular formula is C7H20NO+. The molecule has 58 valence electrons. The van der Waals surface area contributed by atoms with Crippen molar-refractivity contribution in [2.45, 2.75) is 40.2 Å². The number of quaternary nitrogens is 1. The average molecular weight is 134 g/mol. The van der Waals surface area contributed by atoms with Crippen LogP contribution >= 0.6 is 0 Å². The van der Waals surface area contributed by atoms with Crippen LogP contribution in [-0.2, 0) is 0 Å². The van der Waals surface area contributed by atoms with E-state index < -0.39 is 5.60 Å². The third-order valence-corrected chi connectivity index (χ3v) is 1.84. The number of hydrogen-bond donors (Lipinski definition) is 2. The molecule has 0 aromatic carbocycles. The Balaban J connectivity index is 0. The normalized spacial score (nSPS) is 12.7. The summed E-state index contributed by atoms with van der Waals surface area (Å²) in [5.41, 5.74) is -0.569. The summed E-state index contributed by atoms with van der Waals surface area (Å²) in [6.45, 7) is 9.72. The Kier molecular flexibility index (Phi) is 3.47. The minimum absolute atomic E-state index is 0. The van der Waals surface area contributed by atoms with Crippen molar-refractivity contribution >= 4 is 0 Å². The molecule has 0 aromatic heterocycles. The van der Waals surface area contributed by atoms with Crippen LogP contribution in [0.1, 0.15) is 34.6 Å². The first-order valence-corrected chi connectivity index (χ1v) is 2.97. The van der Waals surface area contributed by atoms with Crippen LogP contribution < -0.4 is 6.15 Å². The monoisotopic (exact) mass is 134 g/mol. The predicted octanol–water partition coefficient (Wildman–Crippen LogP) is 2.18. The summed E-state index contributed by atoms with van der Waals surface area (Å²) in [4.78, 5) is 0. The standard InChI is InChI=1S/C7H16O.H3N/c1-6(2,3)7(4,5)8;/h8H,1-5H3;1H3/p+1. The van der Waals surface area contributed by atoms with Crippen LogP contribution in [0.15, 0.2) is 0 Å². The van der Waals surface area contributed by atoms with Crippen molar-refractivity contribution in [3.8, 4) is 0 Å². The van der Waals surface area contributed by atoms with Crippen LogP contribution in [0, 0.1) is 5.41 Å². The maximum atomic E-state index is 9.35. The maximum absolute atomic E-state index is 9.35. The lowest BCUT2D eigenvalue weighted by Crippen LogP contribution is -2.35. The SMILES string of the molecule is CC(C)(C)C(C)(C)O.[NH4+]. The Hall–Kier alpha value is -0.0800. The zero-order chi connectivity index (χ0) is 7.00. The number of rotatable bonds is 0. The molecule has 0 heterocycles. The molecule has 0 saturated carbocycles. The highest BCUT2D eigenvalue weighted by Crippen LogP contribution is 2.28. The van der Waals surface area contributed by atoms with E-state index in [1.807, 2.05) is 34.6 Å². The summed E-state index contributed by atoms with van der Waals surface area (Å²) in [6, 6.07) is 0. The summed E-state index contributed by atoms with van der Waals surface area (Å²) in [5, 5.41) is 9.35. The van der Waals surface area contributed by atoms with Gasteiger partial charge in [-0.2, -0.15) is 0 Å². The van der Waals surface area contributed by atoms with Gasteiger partial charge in [0.05, 0.1) is 5.60 Å². The second-order valence-electron chi connectivity index (χ2n) is 3.81. The molecule has 0 bridgehead atoms. The van der Waals surface area contributed by atoms with E-state index in [2.05, 4.69) is 0 Å². The summed E-state index contributed by atoms with van der Waals surface area (Å²) in [6.07, 6.45) is 0. The number of aliphatic hydroxyl groups is 1. The first-order chi connectivity index (χ1) is 3.25. The largest absolute Gasteiger partial charge is 0.390 e. The van der Waals surface area contributed by atoms with E-state index in [-0.39, 0.29) is 11.6 Å². The molecule has 0 aliphatic carbocycles. The van der Waals surface area contributed by atoms with Gasteiger partial charge in [0.1, 0.15) is 0 Å². The first kappa shape index (κ1) is 11.7. The van der Waals surface area contributed by atoms with E-state index in [1.165, 1.54) is 0 Å². The Morgan fingerprint density at radius 1 is 0.889 bits per heavy atom. The third kappa shape index (κ3) is 3.49. The third-order valence-electron chi connectivity index (χ3n) is 1.84. The van der Waals surface area contributed by atoms with Gasteiger partial charge in [-0.25, -0.2) is 0 Å². The molecule has 5 N–H and O–H groups in total. The van der Waals surface area contributed by atoms with Crippen molar-refractivity contribution in [3.63, 3.8) is 0 Å². The van der Waals surface area contributed by atoms with Gasteiger partial charge in [0, 0.05) is 0 Å². The van der Waals surface area contributed by atoms with Gasteiger partial charge in [-0.1, -0.05) is 20.8 Å². The fourth-order valence-electron chi connectivity index (χ4n) is 0. The van der Waals surface area contributed by atoms with Crippen LogP contribution in [0.4, 0.5) is 0 Å². The minimum atomic E-state index is -0.562. The molecule has 0 atom stereocenters. The van der Waals surface area contributed by atoms with Gasteiger partial charge < -0.3 is 11.3 Å². The molecule has 0 unspecified atom stereocenters. The summed E-state index contributed by atoms with van der Waals surface area (Å²) in [7, 11) is 0. The highest BCUT2D eigenvalue weighted by Gasteiger charge is 2.29. The van der Waals surface area contributed by atoms with Crippen molar-refractivity contribution in [3.05, 3.63) is 0 Å². The van der Waals surface area contributed by atoms with E-state index in [9.17, 15) is 5.11 Å². The quantitative estimate of drug-likeness (QED) is 0.524. The first-order valence-electron chi connectivity index (χ1n) is 2.97. The topological polar surface area (TPSA) is 56.7 Å². The van der Waals surface area contributed by atoms with Gasteiger partial charge in [-0.3, -0.25) is 0 Å². The fraction of sp³-hybridized carbons (Fsp3) is 1.00. The smallest absolute Gasteiger partial charge is 0.0639 e. The van der Waals surface area contributed by atoms with Crippen molar-refractivity contribution in [1.29, 1.82) is 0 Å². The van der Waals surface area contributed by atoms with Gasteiger partial charge >= 0.3 is 0 Å². The predicted molar refractivity (Wildman–Crippen MR) is 41.7 cm³/mol. The summed E-state index contributed by atoms with van der Waals surface area (Å²) < 4.78 is 0. The van der Waals surface area contributed by atoms with Gasteiger partial charge in [0.2, 0.25) is 0 Å². The van der Waals surface area contributed by atoms with Gasteiger partial charge in [-0.05, 0) is 19.3 Å². The lowest BCUT2D eigenvalue weighted by Gasteiger charge is -2.33. The maximum Gasteiger partial charge on any atom is 0.0639 e. The fourth-order valence-corrected chi connectivity index (χ4v) is 0. The van der Waals surface area contributed by atoms with E-state index in [1.54, 1.807) is 0 Å². The highest BCUT2D eigenvalue weighted by atomic mass is 16.3. The van der Waals surface area contributed by atoms with E-state index in [0.717, 1.165) is 0 Å². The average Bonchev–Trinajstić information content (AvgIpc) is 1.25. The molecule has 9 heavy (non-hydrogen) atoms. The molecule has 0 saturated heterocycles. The molecule has 2 nitrogen and oxygen atoms in total. The van der Waals surface area contributed by atoms with Crippen molar-refractivity contribution < 1.29 is 5.11 Å². The Morgan fingerprint density at radius 2 is 1.00 bits per heavy atom. The molecule has 2 heteroatoms. The molecule has 0 aliphatic rings. The van der Waals surface area contributed by atoms with Crippen molar-refractivity contribution in [2.24, 2.45) is 5.41 Å². The van der Waals surface area contributed by atoms with Crippen LogP contribution in [0.2, 0.25) is 0 Å². The molecule has 0 rings (SSSR count). The van der Waals surface area contributed by atoms with Gasteiger partial charge in [-0.15, -0.1) is 0 Å². The van der Waals surface area contributed by atoms with Gasteiger partial charge in [0.25, 0.3) is 0 Å². The zero-order valence-corrected chi connectivity index (χ0v) is 7.45. The van der Waals surface area contributed by atoms with Crippen molar-refractivity contribution in [2.75, 3.05) is 0 Å². The summed E-state index contributed by atoms with van der Waals surface area (Å²) >= 11 is 0. The van der Waals surface area contributed by atoms with Gasteiger partial charge in [0.15, 0.2) is 0 Å². The molecule has 0 fully saturated rings. The summed E-state index contributed by atoms with van der Waals surface area (Å²) in [5.74, 6) is 0. The molecule has 0 aliphatic heterocycles. The second kappa shape index (κ2) is 2.67. The van der Waals surface area contributed by atoms with Crippen LogP contribution in [-0.4, -0.2) is 10.7 Å². The molecule has 0 amide bonds. The van der Waals surface area contributed by atoms with E-state index in [4.69, 9.17) is 0 Å². The van der Waals surface area contributed by atoms with Crippen molar-refractivity contribution in [1.82, 2.24) is 6.15 Å². The van der Waals surface area contributed by atoms with Crippen LogP contribution in [0.25, 0.3) is 0 Å². The van der Waals surface area contributed by atoms with Crippen LogP contribution in [0.5, 0.6) is 0 Å². The Morgan fingerprint density at radius 3 is 1.00 bits per heavy atom. The minimum Gasteiger partial charge on any atom is -0.390 e. The Bertz CT molecular complexity index is 63.9. The molecule has 0 spiro atoms. The zero-order valence-electron chi connectivity index (χ0n) is 7.45. The number of hydrogen-bond acceptors (Lipinski definition) is 1. The Labute approximate surface area is 57.9 Å². The van der Waals surface area contributed by atoms with E-state index in [0.29, 0.717) is 0 Å². The second-order valence-corrected chi connectivity index (χ2v) is 3.81. The lowest BCUT2D eigenvalue weighted by molar-refractivity contribution is -0.0238. The highest BCUT2D eigenvalue weighted by molar-refractivity contribution is 4.80. The van der Waals surface area contributed by atoms with Crippen LogP contribution in [0.3, 0.4) is 0 Å². The molecule has 0 radical (unpaired) electrons. The lowest BCUT2D eigenvalue weighted by atomic mass is 9.79. The molecular weight excluding hydrogens is 114 g/mol. The van der Waals surface area contributed by atoms with E-state index >= 15 is 0 Å².